The van der Waals surface area contributed by atoms with E-state index >= 15 is 0 Å². The van der Waals surface area contributed by atoms with Crippen molar-refractivity contribution in [2.45, 2.75) is 53.6 Å². The molecule has 5 nitrogen and oxygen atoms in total. The summed E-state index contributed by atoms with van der Waals surface area (Å²) in [6.45, 7) is 10.8. The number of halogens is 1. The van der Waals surface area contributed by atoms with Crippen LogP contribution in [0.5, 0.6) is 5.75 Å². The van der Waals surface area contributed by atoms with E-state index in [-0.39, 0.29) is 18.4 Å². The van der Waals surface area contributed by atoms with E-state index in [4.69, 9.17) is 4.74 Å². The summed E-state index contributed by atoms with van der Waals surface area (Å²) in [5.74, 6) is 0.596. The van der Waals surface area contributed by atoms with Gasteiger partial charge in [0.25, 0.3) is 5.91 Å². The van der Waals surface area contributed by atoms with E-state index in [1.165, 1.54) is 0 Å². The number of amides is 2. The van der Waals surface area contributed by atoms with Crippen molar-refractivity contribution in [3.05, 3.63) is 99.0 Å². The lowest BCUT2D eigenvalue weighted by atomic mass is 10.0. The van der Waals surface area contributed by atoms with Gasteiger partial charge in [0.2, 0.25) is 5.91 Å². The quantitative estimate of drug-likeness (QED) is 0.303. The van der Waals surface area contributed by atoms with Crippen LogP contribution in [0.15, 0.2) is 71.2 Å². The lowest BCUT2D eigenvalue weighted by molar-refractivity contribution is -0.142. The van der Waals surface area contributed by atoms with Crippen molar-refractivity contribution >= 4 is 27.7 Å². The Morgan fingerprint density at radius 1 is 0.946 bits per heavy atom. The van der Waals surface area contributed by atoms with E-state index in [2.05, 4.69) is 41.2 Å². The predicted octanol–water partition coefficient (Wildman–Crippen LogP) is 6.17. The van der Waals surface area contributed by atoms with Crippen LogP contribution in [0.1, 0.15) is 41.7 Å². The maximum atomic E-state index is 13.8. The molecule has 0 spiro atoms. The molecule has 0 aliphatic rings. The van der Waals surface area contributed by atoms with E-state index in [1.807, 2.05) is 81.4 Å². The standard InChI is InChI=1S/C31H37BrN2O3/c1-21(2)18-33-31(36)28(17-25-9-7-6-8-10-25)34(19-26-11-13-27(32)14-12-26)30(35)20-37-29-16-22(3)15-23(4)24(29)5/h6-16,21,28H,17-20H2,1-5H3,(H,33,36)/t28-/m1/s1. The summed E-state index contributed by atoms with van der Waals surface area (Å²) in [7, 11) is 0. The number of hydrogen-bond acceptors (Lipinski definition) is 3. The average molecular weight is 566 g/mol. The summed E-state index contributed by atoms with van der Waals surface area (Å²) in [6, 6.07) is 21.0. The molecule has 3 rings (SSSR count). The van der Waals surface area contributed by atoms with E-state index in [0.29, 0.717) is 31.2 Å². The fraction of sp³-hybridized carbons (Fsp3) is 0.355. The van der Waals surface area contributed by atoms with Crippen LogP contribution in [-0.2, 0) is 22.6 Å². The van der Waals surface area contributed by atoms with Crippen molar-refractivity contribution in [3.8, 4) is 5.75 Å². The molecule has 0 saturated carbocycles. The van der Waals surface area contributed by atoms with Gasteiger partial charge >= 0.3 is 0 Å². The molecule has 0 heterocycles. The van der Waals surface area contributed by atoms with Crippen LogP contribution in [0.25, 0.3) is 0 Å². The molecule has 0 fully saturated rings. The molecule has 3 aromatic carbocycles. The summed E-state index contributed by atoms with van der Waals surface area (Å²) in [5, 5.41) is 3.05. The molecule has 37 heavy (non-hydrogen) atoms. The van der Waals surface area contributed by atoms with Crippen molar-refractivity contribution in [1.82, 2.24) is 10.2 Å². The molecule has 0 bridgehead atoms. The Morgan fingerprint density at radius 3 is 2.27 bits per heavy atom. The minimum Gasteiger partial charge on any atom is -0.483 e. The van der Waals surface area contributed by atoms with Gasteiger partial charge in [0.1, 0.15) is 11.8 Å². The Labute approximate surface area is 229 Å². The number of rotatable bonds is 11. The van der Waals surface area contributed by atoms with Gasteiger partial charge in [-0.3, -0.25) is 9.59 Å². The van der Waals surface area contributed by atoms with Gasteiger partial charge in [0.15, 0.2) is 6.61 Å². The molecule has 0 saturated heterocycles. The summed E-state index contributed by atoms with van der Waals surface area (Å²) in [6.07, 6.45) is 0.412. The maximum absolute atomic E-state index is 13.8. The van der Waals surface area contributed by atoms with Crippen LogP contribution >= 0.6 is 15.9 Å². The molecule has 6 heteroatoms. The van der Waals surface area contributed by atoms with Crippen molar-refractivity contribution in [2.75, 3.05) is 13.2 Å². The van der Waals surface area contributed by atoms with E-state index in [9.17, 15) is 9.59 Å². The predicted molar refractivity (Wildman–Crippen MR) is 153 cm³/mol. The van der Waals surface area contributed by atoms with E-state index < -0.39 is 6.04 Å². The number of nitrogens with zero attached hydrogens (tertiary/aromatic N) is 1. The normalized spacial score (nSPS) is 11.8. The number of hydrogen-bond donors (Lipinski definition) is 1. The third kappa shape index (κ3) is 8.46. The van der Waals surface area contributed by atoms with Crippen LogP contribution < -0.4 is 10.1 Å². The van der Waals surface area contributed by atoms with Crippen molar-refractivity contribution in [1.29, 1.82) is 0 Å². The van der Waals surface area contributed by atoms with E-state index in [0.717, 1.165) is 32.3 Å². The van der Waals surface area contributed by atoms with Gasteiger partial charge in [0.05, 0.1) is 0 Å². The number of benzene rings is 3. The molecule has 2 amide bonds. The first-order valence-corrected chi connectivity index (χ1v) is 13.5. The second kappa shape index (κ2) is 13.4. The molecule has 1 N–H and O–H groups in total. The highest BCUT2D eigenvalue weighted by molar-refractivity contribution is 9.10. The molecule has 196 valence electrons. The Kier molecular flexibility index (Phi) is 10.3. The van der Waals surface area contributed by atoms with Crippen LogP contribution in [-0.4, -0.2) is 35.9 Å². The summed E-state index contributed by atoms with van der Waals surface area (Å²) >= 11 is 3.48. The first-order valence-electron chi connectivity index (χ1n) is 12.7. The van der Waals surface area contributed by atoms with Gasteiger partial charge in [-0.25, -0.2) is 0 Å². The number of carbonyl (C=O) groups is 2. The zero-order valence-corrected chi connectivity index (χ0v) is 24.0. The highest BCUT2D eigenvalue weighted by Crippen LogP contribution is 2.24. The summed E-state index contributed by atoms with van der Waals surface area (Å²) in [4.78, 5) is 28.9. The number of ether oxygens (including phenoxy) is 1. The highest BCUT2D eigenvalue weighted by Gasteiger charge is 2.31. The first kappa shape index (κ1) is 28.5. The zero-order chi connectivity index (χ0) is 26.9. The number of nitrogens with one attached hydrogen (secondary N) is 1. The first-order chi connectivity index (χ1) is 17.6. The lowest BCUT2D eigenvalue weighted by Crippen LogP contribution is -2.52. The van der Waals surface area contributed by atoms with E-state index in [1.54, 1.807) is 4.90 Å². The Balaban J connectivity index is 1.92. The molecule has 0 radical (unpaired) electrons. The molecule has 0 aromatic heterocycles. The minimum atomic E-state index is -0.679. The third-order valence-corrected chi connectivity index (χ3v) is 6.87. The Morgan fingerprint density at radius 2 is 1.62 bits per heavy atom. The topological polar surface area (TPSA) is 58.6 Å². The van der Waals surface area contributed by atoms with Crippen molar-refractivity contribution < 1.29 is 14.3 Å². The second-order valence-electron chi connectivity index (χ2n) is 9.99. The Bertz CT molecular complexity index is 1190. The fourth-order valence-corrected chi connectivity index (χ4v) is 4.40. The van der Waals surface area contributed by atoms with Crippen LogP contribution in [0.3, 0.4) is 0 Å². The van der Waals surface area contributed by atoms with Crippen LogP contribution in [0.2, 0.25) is 0 Å². The van der Waals surface area contributed by atoms with Crippen molar-refractivity contribution in [3.63, 3.8) is 0 Å². The SMILES string of the molecule is Cc1cc(C)c(C)c(OCC(=O)N(Cc2ccc(Br)cc2)[C@H](Cc2ccccc2)C(=O)NCC(C)C)c1. The average Bonchev–Trinajstić information content (AvgIpc) is 2.87. The summed E-state index contributed by atoms with van der Waals surface area (Å²) < 4.78 is 7.00. The van der Waals surface area contributed by atoms with Crippen molar-refractivity contribution in [2.24, 2.45) is 5.92 Å². The van der Waals surface area contributed by atoms with Crippen LogP contribution in [0, 0.1) is 26.7 Å². The minimum absolute atomic E-state index is 0.150. The molecule has 0 unspecified atom stereocenters. The second-order valence-corrected chi connectivity index (χ2v) is 10.9. The van der Waals surface area contributed by atoms with Gasteiger partial charge in [-0.15, -0.1) is 0 Å². The number of carbonyl (C=O) groups excluding carboxylic acids is 2. The largest absolute Gasteiger partial charge is 0.483 e. The molecule has 0 aliphatic carbocycles. The van der Waals surface area contributed by atoms with Gasteiger partial charge in [-0.2, -0.15) is 0 Å². The molecular formula is C31H37BrN2O3. The highest BCUT2D eigenvalue weighted by atomic mass is 79.9. The third-order valence-electron chi connectivity index (χ3n) is 6.34. The molecular weight excluding hydrogens is 528 g/mol. The summed E-state index contributed by atoms with van der Waals surface area (Å²) in [5.41, 5.74) is 5.13. The maximum Gasteiger partial charge on any atom is 0.261 e. The molecule has 0 aliphatic heterocycles. The lowest BCUT2D eigenvalue weighted by Gasteiger charge is -2.32. The monoisotopic (exact) mass is 564 g/mol. The molecule has 3 aromatic rings. The van der Waals surface area contributed by atoms with Gasteiger partial charge in [-0.1, -0.05) is 78.3 Å². The Hall–Kier alpha value is -3.12. The van der Waals surface area contributed by atoms with Gasteiger partial charge in [0, 0.05) is 24.0 Å². The smallest absolute Gasteiger partial charge is 0.261 e. The fourth-order valence-electron chi connectivity index (χ4n) is 4.14. The van der Waals surface area contributed by atoms with Gasteiger partial charge in [-0.05, 0) is 72.7 Å². The van der Waals surface area contributed by atoms with Gasteiger partial charge < -0.3 is 15.0 Å². The van der Waals surface area contributed by atoms with Crippen LogP contribution in [0.4, 0.5) is 0 Å². The molecule has 1 atom stereocenters. The number of aryl methyl sites for hydroxylation is 2. The zero-order valence-electron chi connectivity index (χ0n) is 22.4.